The number of carbonyl (C=O) groups excluding carboxylic acids is 1. The Hall–Kier alpha value is -0.720. The number of hydrogen-bond donors (Lipinski definition) is 2. The van der Waals surface area contributed by atoms with Crippen LogP contribution in [0.25, 0.3) is 0 Å². The number of benzene rings is 1. The first-order valence-electron chi connectivity index (χ1n) is 5.93. The van der Waals surface area contributed by atoms with Gasteiger partial charge in [-0.15, -0.1) is 0 Å². The van der Waals surface area contributed by atoms with Crippen molar-refractivity contribution in [2.75, 3.05) is 19.1 Å². The average Bonchev–Trinajstić information content (AvgIpc) is 2.42. The molecule has 19 heavy (non-hydrogen) atoms. The molecule has 3 N–H and O–H groups in total. The quantitative estimate of drug-likeness (QED) is 0.793. The molecule has 0 aliphatic heterocycles. The van der Waals surface area contributed by atoms with Crippen LogP contribution in [-0.2, 0) is 11.3 Å². The van der Waals surface area contributed by atoms with Crippen molar-refractivity contribution in [3.8, 4) is 5.75 Å². The molecule has 0 aliphatic carbocycles. The second-order valence-corrected chi connectivity index (χ2v) is 5.91. The summed E-state index contributed by atoms with van der Waals surface area (Å²) in [4.78, 5) is 11.7. The number of nitrogens with two attached hydrogens (primary N) is 1. The Kier molecular flexibility index (Phi) is 7.27. The number of methoxy groups -OCH3 is 1. The average molecular weight is 347 g/mol. The normalized spacial score (nSPS) is 12.0. The van der Waals surface area contributed by atoms with Gasteiger partial charge in [0.2, 0.25) is 5.91 Å². The Labute approximate surface area is 126 Å². The molecule has 0 aliphatic rings. The number of rotatable bonds is 7. The Morgan fingerprint density at radius 2 is 2.32 bits per heavy atom. The van der Waals surface area contributed by atoms with Gasteiger partial charge in [0.15, 0.2) is 0 Å². The van der Waals surface area contributed by atoms with Crippen LogP contribution in [0.15, 0.2) is 22.7 Å². The Morgan fingerprint density at radius 1 is 1.58 bits per heavy atom. The first-order chi connectivity index (χ1) is 9.08. The zero-order chi connectivity index (χ0) is 14.3. The van der Waals surface area contributed by atoms with Crippen LogP contribution in [0.5, 0.6) is 5.75 Å². The van der Waals surface area contributed by atoms with Gasteiger partial charge in [-0.3, -0.25) is 4.79 Å². The van der Waals surface area contributed by atoms with Gasteiger partial charge in [0.25, 0.3) is 0 Å². The van der Waals surface area contributed by atoms with E-state index in [4.69, 9.17) is 10.5 Å². The summed E-state index contributed by atoms with van der Waals surface area (Å²) < 4.78 is 6.02. The minimum atomic E-state index is -0.436. The highest BCUT2D eigenvalue weighted by atomic mass is 79.9. The molecule has 0 saturated carbocycles. The highest BCUT2D eigenvalue weighted by Gasteiger charge is 2.12. The second-order valence-electron chi connectivity index (χ2n) is 4.07. The Morgan fingerprint density at radius 3 is 2.89 bits per heavy atom. The van der Waals surface area contributed by atoms with Crippen molar-refractivity contribution in [1.29, 1.82) is 0 Å². The fourth-order valence-corrected chi connectivity index (χ4v) is 2.59. The van der Waals surface area contributed by atoms with E-state index in [1.54, 1.807) is 18.9 Å². The van der Waals surface area contributed by atoms with Gasteiger partial charge in [0.05, 0.1) is 17.6 Å². The SMILES string of the molecule is COc1ccc(CNC(=O)[C@@H](N)CCSC)cc1Br. The largest absolute Gasteiger partial charge is 0.496 e. The third-order valence-electron chi connectivity index (χ3n) is 2.65. The highest BCUT2D eigenvalue weighted by Crippen LogP contribution is 2.25. The van der Waals surface area contributed by atoms with E-state index in [1.165, 1.54) is 0 Å². The van der Waals surface area contributed by atoms with E-state index < -0.39 is 6.04 Å². The number of hydrogen-bond acceptors (Lipinski definition) is 4. The van der Waals surface area contributed by atoms with Crippen molar-refractivity contribution in [2.24, 2.45) is 5.73 Å². The summed E-state index contributed by atoms with van der Waals surface area (Å²) in [5.74, 6) is 1.55. The van der Waals surface area contributed by atoms with E-state index in [-0.39, 0.29) is 5.91 Å². The molecule has 1 aromatic rings. The molecular weight excluding hydrogens is 328 g/mol. The number of nitrogens with one attached hydrogen (secondary N) is 1. The van der Waals surface area contributed by atoms with Gasteiger partial charge in [0.1, 0.15) is 5.75 Å². The third kappa shape index (κ3) is 5.42. The van der Waals surface area contributed by atoms with Gasteiger partial charge in [-0.2, -0.15) is 11.8 Å². The molecule has 1 rings (SSSR count). The van der Waals surface area contributed by atoms with Crippen molar-refractivity contribution in [3.63, 3.8) is 0 Å². The molecule has 0 unspecified atom stereocenters. The highest BCUT2D eigenvalue weighted by molar-refractivity contribution is 9.10. The van der Waals surface area contributed by atoms with Gasteiger partial charge < -0.3 is 15.8 Å². The lowest BCUT2D eigenvalue weighted by atomic mass is 10.2. The molecule has 0 fully saturated rings. The van der Waals surface area contributed by atoms with Gasteiger partial charge in [-0.25, -0.2) is 0 Å². The van der Waals surface area contributed by atoms with E-state index in [0.29, 0.717) is 13.0 Å². The lowest BCUT2D eigenvalue weighted by Gasteiger charge is -2.12. The summed E-state index contributed by atoms with van der Waals surface area (Å²) in [7, 11) is 1.62. The molecule has 0 saturated heterocycles. The maximum absolute atomic E-state index is 11.7. The number of ether oxygens (including phenoxy) is 1. The van der Waals surface area contributed by atoms with Gasteiger partial charge >= 0.3 is 0 Å². The van der Waals surface area contributed by atoms with Gasteiger partial charge in [-0.05, 0) is 52.1 Å². The summed E-state index contributed by atoms with van der Waals surface area (Å²) in [6.45, 7) is 0.467. The smallest absolute Gasteiger partial charge is 0.237 e. The minimum Gasteiger partial charge on any atom is -0.496 e. The number of carbonyl (C=O) groups is 1. The van der Waals surface area contributed by atoms with Crippen molar-refractivity contribution in [1.82, 2.24) is 5.32 Å². The van der Waals surface area contributed by atoms with E-state index in [2.05, 4.69) is 21.2 Å². The summed E-state index contributed by atoms with van der Waals surface area (Å²) >= 11 is 5.10. The van der Waals surface area contributed by atoms with Crippen LogP contribution >= 0.6 is 27.7 Å². The van der Waals surface area contributed by atoms with Crippen LogP contribution in [0.4, 0.5) is 0 Å². The zero-order valence-corrected chi connectivity index (χ0v) is 13.5. The Bertz CT molecular complexity index is 429. The summed E-state index contributed by atoms with van der Waals surface area (Å²) in [6.07, 6.45) is 2.69. The standard InChI is InChI=1S/C13H19BrN2O2S/c1-18-12-4-3-9(7-10(12)14)8-16-13(17)11(15)5-6-19-2/h3-4,7,11H,5-6,8,15H2,1-2H3,(H,16,17)/t11-/m0/s1. The van der Waals surface area contributed by atoms with Crippen LogP contribution in [-0.4, -0.2) is 31.1 Å². The van der Waals surface area contributed by atoms with Crippen LogP contribution in [0, 0.1) is 0 Å². The maximum atomic E-state index is 11.7. The number of thioether (sulfide) groups is 1. The van der Waals surface area contributed by atoms with Gasteiger partial charge in [0, 0.05) is 6.54 Å². The summed E-state index contributed by atoms with van der Waals surface area (Å²) in [5, 5.41) is 2.84. The molecule has 0 heterocycles. The minimum absolute atomic E-state index is 0.110. The number of amides is 1. The maximum Gasteiger partial charge on any atom is 0.237 e. The van der Waals surface area contributed by atoms with Crippen molar-refractivity contribution in [2.45, 2.75) is 19.0 Å². The molecule has 6 heteroatoms. The van der Waals surface area contributed by atoms with E-state index in [1.807, 2.05) is 24.5 Å². The van der Waals surface area contributed by atoms with Crippen LogP contribution < -0.4 is 15.8 Å². The van der Waals surface area contributed by atoms with Crippen molar-refractivity contribution < 1.29 is 9.53 Å². The van der Waals surface area contributed by atoms with Gasteiger partial charge in [-0.1, -0.05) is 6.07 Å². The summed E-state index contributed by atoms with van der Waals surface area (Å²) in [6, 6.07) is 5.26. The monoisotopic (exact) mass is 346 g/mol. The molecule has 0 radical (unpaired) electrons. The molecule has 0 aromatic heterocycles. The van der Waals surface area contributed by atoms with Crippen molar-refractivity contribution >= 4 is 33.6 Å². The van der Waals surface area contributed by atoms with Crippen LogP contribution in [0.2, 0.25) is 0 Å². The topological polar surface area (TPSA) is 64.3 Å². The molecule has 4 nitrogen and oxygen atoms in total. The first kappa shape index (κ1) is 16.3. The molecule has 0 bridgehead atoms. The first-order valence-corrected chi connectivity index (χ1v) is 8.11. The predicted octanol–water partition coefficient (Wildman–Crippen LogP) is 2.15. The number of halogens is 1. The summed E-state index contributed by atoms with van der Waals surface area (Å²) in [5.41, 5.74) is 6.79. The molecule has 0 spiro atoms. The van der Waals surface area contributed by atoms with E-state index in [0.717, 1.165) is 21.5 Å². The fraction of sp³-hybridized carbons (Fsp3) is 0.462. The fourth-order valence-electron chi connectivity index (χ4n) is 1.52. The van der Waals surface area contributed by atoms with Crippen LogP contribution in [0.3, 0.4) is 0 Å². The third-order valence-corrected chi connectivity index (χ3v) is 3.92. The molecule has 1 amide bonds. The predicted molar refractivity (Wildman–Crippen MR) is 83.5 cm³/mol. The molecule has 106 valence electrons. The lowest BCUT2D eigenvalue weighted by Crippen LogP contribution is -2.40. The molecule has 1 atom stereocenters. The second kappa shape index (κ2) is 8.45. The lowest BCUT2D eigenvalue weighted by molar-refractivity contribution is -0.122. The van der Waals surface area contributed by atoms with E-state index >= 15 is 0 Å². The Balaban J connectivity index is 2.48. The molecule has 1 aromatic carbocycles. The van der Waals surface area contributed by atoms with E-state index in [9.17, 15) is 4.79 Å². The zero-order valence-electron chi connectivity index (χ0n) is 11.1. The van der Waals surface area contributed by atoms with Crippen LogP contribution in [0.1, 0.15) is 12.0 Å². The van der Waals surface area contributed by atoms with Crippen molar-refractivity contribution in [3.05, 3.63) is 28.2 Å². The molecular formula is C13H19BrN2O2S.